The molecule has 45 heavy (non-hydrogen) atoms. The van der Waals surface area contributed by atoms with Gasteiger partial charge in [-0.15, -0.1) is 0 Å². The molecule has 1 aromatic carbocycles. The molecule has 2 fully saturated rings. The first-order chi connectivity index (χ1) is 21.4. The van der Waals surface area contributed by atoms with Gasteiger partial charge in [0.15, 0.2) is 0 Å². The van der Waals surface area contributed by atoms with Crippen molar-refractivity contribution in [1.29, 1.82) is 0 Å². The molecule has 2 saturated heterocycles. The van der Waals surface area contributed by atoms with Crippen LogP contribution in [0.2, 0.25) is 0 Å². The summed E-state index contributed by atoms with van der Waals surface area (Å²) < 4.78 is 50.0. The molecule has 0 spiro atoms. The lowest BCUT2D eigenvalue weighted by Gasteiger charge is -2.40. The highest BCUT2D eigenvalue weighted by atomic mass is 19.3. The zero-order chi connectivity index (χ0) is 32.6. The second-order valence-electron chi connectivity index (χ2n) is 12.6. The van der Waals surface area contributed by atoms with Crippen molar-refractivity contribution in [3.05, 3.63) is 68.4 Å². The van der Waals surface area contributed by atoms with Gasteiger partial charge in [-0.25, -0.2) is 18.2 Å². The number of nitrogens with zero attached hydrogens (tertiary/aromatic N) is 4. The third-order valence-corrected chi connectivity index (χ3v) is 10.1. The number of aromatic nitrogens is 2. The van der Waals surface area contributed by atoms with E-state index in [1.54, 1.807) is 30.5 Å². The van der Waals surface area contributed by atoms with Gasteiger partial charge in [-0.3, -0.25) is 9.59 Å². The fourth-order valence-electron chi connectivity index (χ4n) is 7.26. The number of benzene rings is 1. The van der Waals surface area contributed by atoms with Gasteiger partial charge in [-0.05, 0) is 77.6 Å². The summed E-state index contributed by atoms with van der Waals surface area (Å²) >= 11 is 0. The maximum atomic E-state index is 15.2. The van der Waals surface area contributed by atoms with Crippen LogP contribution in [0.1, 0.15) is 86.4 Å². The molecule has 3 aromatic rings. The van der Waals surface area contributed by atoms with Gasteiger partial charge in [-0.1, -0.05) is 18.2 Å². The normalized spacial score (nSPS) is 19.4. The molecule has 2 aliphatic rings. The van der Waals surface area contributed by atoms with Crippen LogP contribution in [-0.2, 0) is 28.6 Å². The predicted molar refractivity (Wildman–Crippen MR) is 169 cm³/mol. The van der Waals surface area contributed by atoms with E-state index < -0.39 is 29.4 Å². The number of halogens is 3. The van der Waals surface area contributed by atoms with Crippen molar-refractivity contribution < 1.29 is 22.7 Å². The van der Waals surface area contributed by atoms with Gasteiger partial charge < -0.3 is 24.4 Å². The molecule has 2 aliphatic heterocycles. The van der Waals surface area contributed by atoms with Crippen molar-refractivity contribution in [2.75, 3.05) is 39.1 Å². The number of rotatable bonds is 9. The molecule has 11 heteroatoms. The van der Waals surface area contributed by atoms with Crippen LogP contribution < -0.4 is 10.9 Å². The van der Waals surface area contributed by atoms with Crippen molar-refractivity contribution >= 4 is 22.6 Å². The average Bonchev–Trinajstić information content (AvgIpc) is 3.42. The van der Waals surface area contributed by atoms with Gasteiger partial charge in [0.25, 0.3) is 12.0 Å². The van der Waals surface area contributed by atoms with Crippen LogP contribution in [0.25, 0.3) is 10.9 Å². The maximum Gasteiger partial charge on any atom is 0.266 e. The number of hydrogen-bond acceptors (Lipinski definition) is 6. The van der Waals surface area contributed by atoms with Crippen LogP contribution in [0.3, 0.4) is 0 Å². The summed E-state index contributed by atoms with van der Waals surface area (Å²) in [7, 11) is 5.48. The van der Waals surface area contributed by atoms with Crippen LogP contribution >= 0.6 is 0 Å². The number of alkyl halides is 2. The molecular weight excluding hydrogens is 583 g/mol. The number of carbonyl (C=O) groups is 1. The Morgan fingerprint density at radius 2 is 1.87 bits per heavy atom. The lowest BCUT2D eigenvalue weighted by Crippen LogP contribution is -2.48. The molecule has 4 heterocycles. The number of anilines is 1. The van der Waals surface area contributed by atoms with E-state index in [0.717, 1.165) is 55.1 Å². The number of ether oxygens (including phenoxy) is 1. The zero-order valence-corrected chi connectivity index (χ0v) is 27.1. The second kappa shape index (κ2) is 13.1. The van der Waals surface area contributed by atoms with E-state index in [1.807, 2.05) is 13.0 Å². The Kier molecular flexibility index (Phi) is 9.60. The Bertz CT molecular complexity index is 1630. The molecule has 1 N–H and O–H groups in total. The van der Waals surface area contributed by atoms with Crippen molar-refractivity contribution in [2.45, 2.75) is 83.4 Å². The number of amides is 1. The zero-order valence-electron chi connectivity index (χ0n) is 27.1. The number of fused-ring (bicyclic) bond motifs is 1. The molecule has 0 radical (unpaired) electrons. The van der Waals surface area contributed by atoms with Gasteiger partial charge in [0.1, 0.15) is 17.2 Å². The minimum Gasteiger partial charge on any atom is -0.373 e. The second-order valence-corrected chi connectivity index (χ2v) is 12.6. The minimum atomic E-state index is -2.94. The van der Waals surface area contributed by atoms with Gasteiger partial charge in [0.05, 0.1) is 22.7 Å². The van der Waals surface area contributed by atoms with Gasteiger partial charge in [0.2, 0.25) is 5.91 Å². The topological polar surface area (TPSA) is 79.7 Å². The first-order valence-electron chi connectivity index (χ1n) is 15.8. The van der Waals surface area contributed by atoms with Gasteiger partial charge in [-0.2, -0.15) is 0 Å². The fraction of sp³-hybridized carbons (Fsp3) is 0.559. The Morgan fingerprint density at radius 3 is 2.47 bits per heavy atom. The highest BCUT2D eigenvalue weighted by molar-refractivity contribution is 5.93. The van der Waals surface area contributed by atoms with Crippen molar-refractivity contribution in [3.8, 4) is 0 Å². The van der Waals surface area contributed by atoms with E-state index >= 15 is 4.39 Å². The lowest BCUT2D eigenvalue weighted by molar-refractivity contribution is -0.135. The summed E-state index contributed by atoms with van der Waals surface area (Å²) in [6.07, 6.45) is 1.89. The number of aryl methyl sites for hydroxylation is 3. The lowest BCUT2D eigenvalue weighted by atomic mass is 9.83. The number of likely N-dealkylation sites (tertiary alicyclic amines) is 2. The number of nitrogens with one attached hydrogen (secondary N) is 1. The van der Waals surface area contributed by atoms with E-state index in [1.165, 1.54) is 19.1 Å². The number of methoxy groups -OCH3 is 1. The quantitative estimate of drug-likeness (QED) is 0.314. The van der Waals surface area contributed by atoms with Crippen molar-refractivity contribution in [3.63, 3.8) is 0 Å². The summed E-state index contributed by atoms with van der Waals surface area (Å²) in [4.78, 5) is 35.3. The first-order valence-corrected chi connectivity index (χ1v) is 15.8. The molecule has 0 aliphatic carbocycles. The highest BCUT2D eigenvalue weighted by Gasteiger charge is 2.40. The van der Waals surface area contributed by atoms with Crippen LogP contribution in [0.15, 0.2) is 29.1 Å². The molecule has 0 bridgehead atoms. The molecule has 2 atom stereocenters. The van der Waals surface area contributed by atoms with Crippen LogP contribution in [0, 0.1) is 12.7 Å². The van der Waals surface area contributed by atoms with E-state index in [2.05, 4.69) is 17.3 Å². The van der Waals surface area contributed by atoms with Crippen LogP contribution in [0.5, 0.6) is 0 Å². The third kappa shape index (κ3) is 6.21. The summed E-state index contributed by atoms with van der Waals surface area (Å²) in [5, 5.41) is 3.97. The van der Waals surface area contributed by atoms with Gasteiger partial charge >= 0.3 is 0 Å². The number of hydrogen-bond donors (Lipinski definition) is 1. The van der Waals surface area contributed by atoms with Crippen LogP contribution in [-0.4, -0.2) is 65.1 Å². The van der Waals surface area contributed by atoms with Crippen LogP contribution in [0.4, 0.5) is 19.0 Å². The van der Waals surface area contributed by atoms with Crippen molar-refractivity contribution in [1.82, 2.24) is 19.4 Å². The van der Waals surface area contributed by atoms with E-state index in [-0.39, 0.29) is 17.0 Å². The third-order valence-electron chi connectivity index (χ3n) is 10.1. The fourth-order valence-corrected chi connectivity index (χ4v) is 7.26. The molecule has 8 nitrogen and oxygen atoms in total. The number of pyridine rings is 2. The summed E-state index contributed by atoms with van der Waals surface area (Å²) in [5.41, 5.74) is 1.29. The average molecular weight is 628 g/mol. The molecule has 244 valence electrons. The van der Waals surface area contributed by atoms with Crippen molar-refractivity contribution in [2.24, 2.45) is 7.05 Å². The number of piperidine rings is 1. The van der Waals surface area contributed by atoms with Gasteiger partial charge in [0, 0.05) is 56.9 Å². The monoisotopic (exact) mass is 627 g/mol. The Balaban J connectivity index is 1.64. The van der Waals surface area contributed by atoms with E-state index in [4.69, 9.17) is 9.72 Å². The molecule has 5 rings (SSSR count). The number of carbonyl (C=O) groups excluding carboxylic acids is 1. The Hall–Kier alpha value is -3.44. The Morgan fingerprint density at radius 1 is 1.18 bits per heavy atom. The standard InChI is InChI=1S/C34H44F3N5O3/c1-20(24-10-7-11-26(29(24)35)31(36)37)38-32-27-19-28(34(45-6)14-17-42(18-15-34)22(3)43)33(44)41(5)30(27)25(21(2)39-32)13-12-23-9-8-16-40(23)4/h7,10-11,19-20,23,31H,8-9,12-18H2,1-6H3,(H,38,39)/t20-,23+/m1/s1. The van der Waals surface area contributed by atoms with E-state index in [0.29, 0.717) is 48.7 Å². The largest absolute Gasteiger partial charge is 0.373 e. The minimum absolute atomic E-state index is 0.0213. The highest BCUT2D eigenvalue weighted by Crippen LogP contribution is 2.39. The molecule has 1 amide bonds. The summed E-state index contributed by atoms with van der Waals surface area (Å²) in [6.45, 7) is 7.13. The molecule has 0 saturated carbocycles. The smallest absolute Gasteiger partial charge is 0.266 e. The molecule has 0 unspecified atom stereocenters. The first kappa shape index (κ1) is 32.9. The summed E-state index contributed by atoms with van der Waals surface area (Å²) in [6, 6.07) is 5.59. The Labute approximate surface area is 262 Å². The molecular formula is C34H44F3N5O3. The molecule has 2 aromatic heterocycles. The predicted octanol–water partition coefficient (Wildman–Crippen LogP) is 6.00. The summed E-state index contributed by atoms with van der Waals surface area (Å²) in [5.74, 6) is -0.538. The van der Waals surface area contributed by atoms with E-state index in [9.17, 15) is 18.4 Å². The maximum absolute atomic E-state index is 15.2. The SMILES string of the molecule is COC1(c2cc3c(N[C@H](C)c4cccc(C(F)F)c4F)nc(C)c(CC[C@@H]4CCCN4C)c3n(C)c2=O)CCN(C(C)=O)CC1.